The number of nitrogens with zero attached hydrogens (tertiary/aromatic N) is 1. The lowest BCUT2D eigenvalue weighted by Crippen LogP contribution is -2.58. The molecule has 0 bridgehead atoms. The molecular weight excluding hydrogens is 460 g/mol. The van der Waals surface area contributed by atoms with Crippen molar-refractivity contribution < 1.29 is 23.9 Å². The minimum Gasteiger partial charge on any atom is -0.494 e. The number of hydrogen-bond acceptors (Lipinski definition) is 5. The predicted molar refractivity (Wildman–Crippen MR) is 134 cm³/mol. The monoisotopic (exact) mass is 490 g/mol. The van der Waals surface area contributed by atoms with Crippen molar-refractivity contribution in [2.45, 2.75) is 32.9 Å². The zero-order chi connectivity index (χ0) is 25.7. The standard InChI is InChI=1S/C27H30N4O5/c1-3-36-24-11-7-4-8-18(24)13-29-26(34)21(12-19-14-28-22-10-6-5-9-20(19)22)23(32)15-31-16-25(33)30-17(2)27(31)35/h4-11,14,17,21,28H,3,12-13,15-16H2,1-2H3,(H,29,34)(H,30,33). The van der Waals surface area contributed by atoms with E-state index in [0.717, 1.165) is 22.0 Å². The zero-order valence-electron chi connectivity index (χ0n) is 20.4. The third-order valence-electron chi connectivity index (χ3n) is 6.27. The summed E-state index contributed by atoms with van der Waals surface area (Å²) in [5, 5.41) is 6.35. The van der Waals surface area contributed by atoms with Gasteiger partial charge in [-0.25, -0.2) is 0 Å². The topological polar surface area (TPSA) is 121 Å². The lowest BCUT2D eigenvalue weighted by molar-refractivity contribution is -0.147. The van der Waals surface area contributed by atoms with Crippen LogP contribution in [-0.4, -0.2) is 59.1 Å². The number of hydrogen-bond donors (Lipinski definition) is 3. The average Bonchev–Trinajstić information content (AvgIpc) is 3.28. The Bertz CT molecular complexity index is 1280. The molecule has 2 unspecified atom stereocenters. The van der Waals surface area contributed by atoms with Crippen molar-refractivity contribution >= 4 is 34.4 Å². The van der Waals surface area contributed by atoms with Gasteiger partial charge in [0, 0.05) is 29.2 Å². The molecule has 2 aromatic carbocycles. The molecule has 0 radical (unpaired) electrons. The summed E-state index contributed by atoms with van der Waals surface area (Å²) in [5.74, 6) is -1.93. The molecule has 36 heavy (non-hydrogen) atoms. The van der Waals surface area contributed by atoms with Crippen LogP contribution in [0.1, 0.15) is 25.0 Å². The summed E-state index contributed by atoms with van der Waals surface area (Å²) in [7, 11) is 0. The van der Waals surface area contributed by atoms with E-state index in [9.17, 15) is 19.2 Å². The average molecular weight is 491 g/mol. The Morgan fingerprint density at radius 3 is 2.67 bits per heavy atom. The number of ketones is 1. The van der Waals surface area contributed by atoms with E-state index >= 15 is 0 Å². The van der Waals surface area contributed by atoms with E-state index in [-0.39, 0.29) is 37.9 Å². The van der Waals surface area contributed by atoms with Gasteiger partial charge in [-0.2, -0.15) is 0 Å². The van der Waals surface area contributed by atoms with Crippen LogP contribution in [0.3, 0.4) is 0 Å². The van der Waals surface area contributed by atoms with Crippen molar-refractivity contribution in [1.29, 1.82) is 0 Å². The van der Waals surface area contributed by atoms with Crippen LogP contribution in [0.5, 0.6) is 5.75 Å². The number of fused-ring (bicyclic) bond motifs is 1. The molecule has 9 nitrogen and oxygen atoms in total. The van der Waals surface area contributed by atoms with Gasteiger partial charge >= 0.3 is 0 Å². The number of nitrogens with one attached hydrogen (secondary N) is 3. The van der Waals surface area contributed by atoms with E-state index in [1.165, 1.54) is 4.90 Å². The number of benzene rings is 2. The molecule has 1 fully saturated rings. The Morgan fingerprint density at radius 1 is 1.11 bits per heavy atom. The maximum atomic E-state index is 13.4. The minimum atomic E-state index is -1.04. The Labute approximate surface area is 209 Å². The molecule has 4 rings (SSSR count). The summed E-state index contributed by atoms with van der Waals surface area (Å²) in [5.41, 5.74) is 2.52. The molecule has 1 aliphatic heterocycles. The Morgan fingerprint density at radius 2 is 1.86 bits per heavy atom. The number of para-hydroxylation sites is 2. The molecule has 3 N–H and O–H groups in total. The molecule has 2 atom stereocenters. The van der Waals surface area contributed by atoms with Crippen molar-refractivity contribution in [3.8, 4) is 5.75 Å². The van der Waals surface area contributed by atoms with Crippen LogP contribution < -0.4 is 15.4 Å². The highest BCUT2D eigenvalue weighted by Gasteiger charge is 2.34. The highest BCUT2D eigenvalue weighted by atomic mass is 16.5. The normalized spacial score (nSPS) is 16.5. The number of aromatic nitrogens is 1. The molecule has 1 saturated heterocycles. The number of amides is 3. The van der Waals surface area contributed by atoms with Crippen LogP contribution in [0.4, 0.5) is 0 Å². The zero-order valence-corrected chi connectivity index (χ0v) is 20.4. The van der Waals surface area contributed by atoms with E-state index in [1.807, 2.05) is 55.5 Å². The molecule has 9 heteroatoms. The first-order valence-electron chi connectivity index (χ1n) is 12.0. The van der Waals surface area contributed by atoms with Gasteiger partial charge in [0.2, 0.25) is 17.7 Å². The maximum absolute atomic E-state index is 13.4. The second-order valence-corrected chi connectivity index (χ2v) is 8.82. The summed E-state index contributed by atoms with van der Waals surface area (Å²) in [6.07, 6.45) is 1.95. The van der Waals surface area contributed by atoms with Crippen molar-refractivity contribution in [3.05, 3.63) is 65.9 Å². The second-order valence-electron chi connectivity index (χ2n) is 8.82. The van der Waals surface area contributed by atoms with E-state index < -0.39 is 23.7 Å². The molecule has 1 aliphatic rings. The number of Topliss-reactive ketones (excluding diaryl/α,β-unsaturated/α-hetero) is 1. The van der Waals surface area contributed by atoms with Gasteiger partial charge in [-0.05, 0) is 38.0 Å². The third kappa shape index (κ3) is 5.56. The number of piperazine rings is 1. The van der Waals surface area contributed by atoms with E-state index in [4.69, 9.17) is 4.74 Å². The van der Waals surface area contributed by atoms with Crippen LogP contribution in [0, 0.1) is 5.92 Å². The quantitative estimate of drug-likeness (QED) is 0.375. The second kappa shape index (κ2) is 11.1. The van der Waals surface area contributed by atoms with Gasteiger partial charge in [0.25, 0.3) is 0 Å². The smallest absolute Gasteiger partial charge is 0.245 e. The number of rotatable bonds is 10. The van der Waals surface area contributed by atoms with E-state index in [2.05, 4.69) is 15.6 Å². The number of H-pyrrole nitrogens is 1. The van der Waals surface area contributed by atoms with Gasteiger partial charge < -0.3 is 25.3 Å². The summed E-state index contributed by atoms with van der Waals surface area (Å²) in [6, 6.07) is 14.3. The molecule has 3 amide bonds. The highest BCUT2D eigenvalue weighted by Crippen LogP contribution is 2.23. The number of carbonyl (C=O) groups excluding carboxylic acids is 4. The fraction of sp³-hybridized carbons (Fsp3) is 0.333. The number of carbonyl (C=O) groups is 4. The highest BCUT2D eigenvalue weighted by molar-refractivity contribution is 6.05. The van der Waals surface area contributed by atoms with Gasteiger partial charge in [-0.15, -0.1) is 0 Å². The summed E-state index contributed by atoms with van der Waals surface area (Å²) < 4.78 is 5.64. The largest absolute Gasteiger partial charge is 0.494 e. The third-order valence-corrected chi connectivity index (χ3v) is 6.27. The Hall–Kier alpha value is -4.14. The Balaban J connectivity index is 1.55. The van der Waals surface area contributed by atoms with Crippen LogP contribution in [0.25, 0.3) is 10.9 Å². The van der Waals surface area contributed by atoms with Crippen LogP contribution >= 0.6 is 0 Å². The van der Waals surface area contributed by atoms with Crippen LogP contribution in [0.2, 0.25) is 0 Å². The van der Waals surface area contributed by atoms with Gasteiger partial charge in [-0.1, -0.05) is 36.4 Å². The van der Waals surface area contributed by atoms with Gasteiger partial charge in [0.1, 0.15) is 24.3 Å². The first-order chi connectivity index (χ1) is 17.4. The maximum Gasteiger partial charge on any atom is 0.245 e. The lowest BCUT2D eigenvalue weighted by atomic mass is 9.93. The van der Waals surface area contributed by atoms with Gasteiger partial charge in [0.05, 0.1) is 13.2 Å². The van der Waals surface area contributed by atoms with E-state index in [1.54, 1.807) is 13.1 Å². The van der Waals surface area contributed by atoms with Crippen LogP contribution in [0.15, 0.2) is 54.7 Å². The fourth-order valence-electron chi connectivity index (χ4n) is 4.43. The molecule has 3 aromatic rings. The molecular formula is C27H30N4O5. The Kier molecular flexibility index (Phi) is 7.68. The number of ether oxygens (including phenoxy) is 1. The van der Waals surface area contributed by atoms with E-state index in [0.29, 0.717) is 12.4 Å². The first kappa shape index (κ1) is 25.0. The number of aromatic amines is 1. The fourth-order valence-corrected chi connectivity index (χ4v) is 4.43. The lowest BCUT2D eigenvalue weighted by Gasteiger charge is -2.31. The van der Waals surface area contributed by atoms with Crippen molar-refractivity contribution in [3.63, 3.8) is 0 Å². The molecule has 0 spiro atoms. The molecule has 0 saturated carbocycles. The van der Waals surface area contributed by atoms with Crippen molar-refractivity contribution in [1.82, 2.24) is 20.5 Å². The van der Waals surface area contributed by atoms with Crippen LogP contribution in [-0.2, 0) is 32.1 Å². The van der Waals surface area contributed by atoms with Crippen molar-refractivity contribution in [2.75, 3.05) is 19.7 Å². The summed E-state index contributed by atoms with van der Waals surface area (Å²) >= 11 is 0. The molecule has 1 aromatic heterocycles. The minimum absolute atomic E-state index is 0.158. The molecule has 2 heterocycles. The van der Waals surface area contributed by atoms with Gasteiger partial charge in [-0.3, -0.25) is 19.2 Å². The van der Waals surface area contributed by atoms with Crippen molar-refractivity contribution in [2.24, 2.45) is 5.92 Å². The SMILES string of the molecule is CCOc1ccccc1CNC(=O)C(Cc1c[nH]c2ccccc12)C(=O)CN1CC(=O)NC(C)C1=O. The molecule has 188 valence electrons. The molecule has 0 aliphatic carbocycles. The predicted octanol–water partition coefficient (Wildman–Crippen LogP) is 1.96. The summed E-state index contributed by atoms with van der Waals surface area (Å²) in [4.78, 5) is 55.7. The van der Waals surface area contributed by atoms with Gasteiger partial charge in [0.15, 0.2) is 5.78 Å². The first-order valence-corrected chi connectivity index (χ1v) is 12.0. The summed E-state index contributed by atoms with van der Waals surface area (Å²) in [6.45, 7) is 3.61.